The number of benzene rings is 1. The number of nitrogens with two attached hydrogens (primary N) is 1. The van der Waals surface area contributed by atoms with Gasteiger partial charge in [0.2, 0.25) is 17.7 Å². The van der Waals surface area contributed by atoms with Gasteiger partial charge in [0.1, 0.15) is 12.1 Å². The van der Waals surface area contributed by atoms with E-state index >= 15 is 0 Å². The van der Waals surface area contributed by atoms with Gasteiger partial charge in [-0.1, -0.05) is 67.5 Å². The van der Waals surface area contributed by atoms with Crippen molar-refractivity contribution in [1.29, 1.82) is 0 Å². The van der Waals surface area contributed by atoms with Crippen LogP contribution in [0.3, 0.4) is 0 Å². The van der Waals surface area contributed by atoms with E-state index in [1.165, 1.54) is 5.56 Å². The molecule has 0 bridgehead atoms. The van der Waals surface area contributed by atoms with Crippen molar-refractivity contribution in [3.63, 3.8) is 0 Å². The molecule has 0 radical (unpaired) electrons. The predicted molar refractivity (Wildman–Crippen MR) is 152 cm³/mol. The number of hydrogen-bond donors (Lipinski definition) is 5. The van der Waals surface area contributed by atoms with Crippen molar-refractivity contribution in [2.75, 3.05) is 11.9 Å². The van der Waals surface area contributed by atoms with Gasteiger partial charge in [0.15, 0.2) is 0 Å². The minimum atomic E-state index is -0.862. The Morgan fingerprint density at radius 3 is 1.97 bits per heavy atom. The number of amides is 5. The lowest BCUT2D eigenvalue weighted by molar-refractivity contribution is -0.132. The molecule has 0 saturated heterocycles. The van der Waals surface area contributed by atoms with Crippen LogP contribution in [0.1, 0.15) is 86.6 Å². The number of rotatable bonds is 13. The lowest BCUT2D eigenvalue weighted by Crippen LogP contribution is -2.54. The van der Waals surface area contributed by atoms with Gasteiger partial charge in [-0.05, 0) is 60.1 Å². The van der Waals surface area contributed by atoms with Crippen molar-refractivity contribution < 1.29 is 19.2 Å². The van der Waals surface area contributed by atoms with Crippen molar-refractivity contribution in [3.05, 3.63) is 29.8 Å². The number of carbonyl (C=O) groups is 4. The Hall–Kier alpha value is -3.10. The second-order valence-electron chi connectivity index (χ2n) is 12.8. The van der Waals surface area contributed by atoms with Crippen molar-refractivity contribution in [3.8, 4) is 0 Å². The van der Waals surface area contributed by atoms with Crippen LogP contribution in [0.4, 0.5) is 10.5 Å². The van der Waals surface area contributed by atoms with Gasteiger partial charge in [0.25, 0.3) is 0 Å². The highest BCUT2D eigenvalue weighted by Crippen LogP contribution is 2.22. The molecule has 0 heterocycles. The summed E-state index contributed by atoms with van der Waals surface area (Å²) in [6.45, 7) is 16.6. The number of nitrogens with one attached hydrogen (secondary N) is 4. The first-order valence-electron chi connectivity index (χ1n) is 13.5. The zero-order chi connectivity index (χ0) is 29.1. The summed E-state index contributed by atoms with van der Waals surface area (Å²) in [6, 6.07) is 5.36. The average Bonchev–Trinajstić information content (AvgIpc) is 2.77. The maximum Gasteiger partial charge on any atom is 0.312 e. The van der Waals surface area contributed by atoms with Crippen LogP contribution in [0, 0.1) is 16.7 Å². The summed E-state index contributed by atoms with van der Waals surface area (Å²) in [4.78, 5) is 50.0. The summed E-state index contributed by atoms with van der Waals surface area (Å²) in [5, 5.41) is 11.0. The van der Waals surface area contributed by atoms with E-state index in [1.54, 1.807) is 0 Å². The molecule has 38 heavy (non-hydrogen) atoms. The SMILES string of the molecule is CC(C)[C@H](NC(=O)CCC(C)(C)C)C(=O)N[C@@H](CCCNC(N)=O)C(=O)Nc1ccc(CC(C)(C)C)cc1. The Morgan fingerprint density at radius 2 is 1.47 bits per heavy atom. The molecule has 0 spiro atoms. The predicted octanol–water partition coefficient (Wildman–Crippen LogP) is 4.11. The van der Waals surface area contributed by atoms with E-state index in [-0.39, 0.29) is 41.5 Å². The summed E-state index contributed by atoms with van der Waals surface area (Å²) < 4.78 is 0. The normalized spacial score (nSPS) is 13.4. The first-order valence-corrected chi connectivity index (χ1v) is 13.5. The van der Waals surface area contributed by atoms with Crippen molar-refractivity contribution in [2.24, 2.45) is 22.5 Å². The molecule has 0 saturated carbocycles. The first-order chi connectivity index (χ1) is 17.5. The third-order valence-electron chi connectivity index (χ3n) is 5.93. The average molecular weight is 532 g/mol. The second kappa shape index (κ2) is 14.7. The van der Waals surface area contributed by atoms with E-state index in [1.807, 2.05) is 38.1 Å². The van der Waals surface area contributed by atoms with Crippen LogP contribution in [0.15, 0.2) is 24.3 Å². The van der Waals surface area contributed by atoms with E-state index in [9.17, 15) is 19.2 Å². The maximum atomic E-state index is 13.2. The minimum Gasteiger partial charge on any atom is -0.352 e. The fourth-order valence-corrected chi connectivity index (χ4v) is 3.86. The molecule has 9 heteroatoms. The van der Waals surface area contributed by atoms with Crippen LogP contribution in [-0.2, 0) is 20.8 Å². The monoisotopic (exact) mass is 531 g/mol. The Balaban J connectivity index is 2.93. The summed E-state index contributed by atoms with van der Waals surface area (Å²) in [7, 11) is 0. The summed E-state index contributed by atoms with van der Waals surface area (Å²) in [6.07, 6.45) is 2.62. The van der Waals surface area contributed by atoms with Crippen LogP contribution in [-0.4, -0.2) is 42.4 Å². The van der Waals surface area contributed by atoms with Crippen molar-refractivity contribution in [1.82, 2.24) is 16.0 Å². The fraction of sp³-hybridized carbons (Fsp3) is 0.655. The number of carbonyl (C=O) groups excluding carboxylic acids is 4. The molecule has 0 unspecified atom stereocenters. The van der Waals surface area contributed by atoms with Crippen LogP contribution in [0.2, 0.25) is 0 Å². The van der Waals surface area contributed by atoms with E-state index in [4.69, 9.17) is 5.73 Å². The number of primary amides is 1. The Bertz CT molecular complexity index is 930. The Morgan fingerprint density at radius 1 is 0.868 bits per heavy atom. The van der Waals surface area contributed by atoms with E-state index in [0.29, 0.717) is 24.9 Å². The highest BCUT2D eigenvalue weighted by atomic mass is 16.2. The molecule has 1 aromatic rings. The highest BCUT2D eigenvalue weighted by molar-refractivity contribution is 5.98. The van der Waals surface area contributed by atoms with Crippen LogP contribution in [0.25, 0.3) is 0 Å². The molecule has 2 atom stereocenters. The fourth-order valence-electron chi connectivity index (χ4n) is 3.86. The molecule has 0 aliphatic rings. The van der Waals surface area contributed by atoms with Gasteiger partial charge in [-0.25, -0.2) is 4.79 Å². The summed E-state index contributed by atoms with van der Waals surface area (Å²) in [5.74, 6) is -1.17. The van der Waals surface area contributed by atoms with Crippen LogP contribution >= 0.6 is 0 Å². The summed E-state index contributed by atoms with van der Waals surface area (Å²) >= 11 is 0. The zero-order valence-electron chi connectivity index (χ0n) is 24.5. The standard InChI is InChI=1S/C29H49N5O4/c1-19(2)24(34-23(35)15-16-28(3,4)5)26(37)33-22(10-9-17-31-27(30)38)25(36)32-21-13-11-20(12-14-21)18-29(6,7)8/h11-14,19,22,24H,9-10,15-18H2,1-8H3,(H,32,36)(H,33,37)(H,34,35)(H3,30,31,38)/t22-,24-/m0/s1. The van der Waals surface area contributed by atoms with Gasteiger partial charge in [0, 0.05) is 18.7 Å². The van der Waals surface area contributed by atoms with Gasteiger partial charge >= 0.3 is 6.03 Å². The van der Waals surface area contributed by atoms with Gasteiger partial charge < -0.3 is 27.0 Å². The summed E-state index contributed by atoms with van der Waals surface area (Å²) in [5.41, 5.74) is 7.07. The van der Waals surface area contributed by atoms with E-state index < -0.39 is 24.0 Å². The molecule has 1 aromatic carbocycles. The highest BCUT2D eigenvalue weighted by Gasteiger charge is 2.29. The van der Waals surface area contributed by atoms with Gasteiger partial charge in [0.05, 0.1) is 0 Å². The number of urea groups is 1. The van der Waals surface area contributed by atoms with E-state index in [2.05, 4.69) is 62.8 Å². The lowest BCUT2D eigenvalue weighted by Gasteiger charge is -2.26. The topological polar surface area (TPSA) is 142 Å². The quantitative estimate of drug-likeness (QED) is 0.244. The van der Waals surface area contributed by atoms with Gasteiger partial charge in [-0.2, -0.15) is 0 Å². The van der Waals surface area contributed by atoms with Gasteiger partial charge in [-0.15, -0.1) is 0 Å². The largest absolute Gasteiger partial charge is 0.352 e. The smallest absolute Gasteiger partial charge is 0.312 e. The minimum absolute atomic E-state index is 0.00000496. The second-order valence-corrected chi connectivity index (χ2v) is 12.8. The third kappa shape index (κ3) is 14.0. The van der Waals surface area contributed by atoms with Gasteiger partial charge in [-0.3, -0.25) is 14.4 Å². The first kappa shape index (κ1) is 32.9. The third-order valence-corrected chi connectivity index (χ3v) is 5.93. The molecule has 1 rings (SSSR count). The molecule has 0 fully saturated rings. The molecule has 6 N–H and O–H groups in total. The zero-order valence-corrected chi connectivity index (χ0v) is 24.5. The molecular weight excluding hydrogens is 482 g/mol. The van der Waals surface area contributed by atoms with Crippen LogP contribution in [0.5, 0.6) is 0 Å². The molecule has 0 aromatic heterocycles. The molecule has 214 valence electrons. The number of anilines is 1. The number of hydrogen-bond acceptors (Lipinski definition) is 4. The van der Waals surface area contributed by atoms with E-state index in [0.717, 1.165) is 6.42 Å². The van der Waals surface area contributed by atoms with Crippen molar-refractivity contribution in [2.45, 2.75) is 99.6 Å². The Kier molecular flexibility index (Phi) is 12.8. The van der Waals surface area contributed by atoms with Crippen LogP contribution < -0.4 is 27.0 Å². The molecular formula is C29H49N5O4. The van der Waals surface area contributed by atoms with Crippen molar-refractivity contribution >= 4 is 29.4 Å². The maximum absolute atomic E-state index is 13.2. The molecule has 9 nitrogen and oxygen atoms in total. The molecule has 0 aliphatic carbocycles. The molecule has 0 aliphatic heterocycles. The Labute approximate surface area is 228 Å². The lowest BCUT2D eigenvalue weighted by atomic mass is 9.88. The molecule has 5 amide bonds.